The second-order valence-corrected chi connectivity index (χ2v) is 23.2. The van der Waals surface area contributed by atoms with Gasteiger partial charge in [0.1, 0.15) is 35.1 Å². The van der Waals surface area contributed by atoms with Gasteiger partial charge in [0.05, 0.1) is 41.7 Å². The number of carbonyl (C=O) groups excluding carboxylic acids is 7. The molecule has 3 fully saturated rings. The van der Waals surface area contributed by atoms with Gasteiger partial charge in [0, 0.05) is 32.3 Å². The smallest absolute Gasteiger partial charge is 0.408 e. The van der Waals surface area contributed by atoms with Gasteiger partial charge in [-0.2, -0.15) is 0 Å². The lowest BCUT2D eigenvalue weighted by Crippen LogP contribution is -2.82. The van der Waals surface area contributed by atoms with Crippen molar-refractivity contribution < 1.29 is 86.8 Å². The van der Waals surface area contributed by atoms with Gasteiger partial charge in [-0.1, -0.05) is 92.7 Å². The normalized spacial score (nSPS) is 28.9. The SMILES string of the molecule is CO[C@H]1C[C@H]2OC[C@@]2(OC(C)=O)[C@H]2[C@H](OC(=O)c3ccccc3)C3(O)C[C@H](OC(=O)[C@H](O)[C@@H](NC(=O)OC(C)(C)C)c4ccccc4)C(C)=C([C@@H](OC(=O)[C@H](O)[C@@H](NC(=O)OC(C)(C)C)c4ccccc4)C(=O)[C@]12C)C3(C)C. The number of carbonyl (C=O) groups is 7. The number of aliphatic hydroxyl groups excluding tert-OH is 2. The molecule has 2 amide bonds. The number of ether oxygens (including phenoxy) is 8. The van der Waals surface area contributed by atoms with Crippen molar-refractivity contribution in [3.05, 3.63) is 119 Å². The van der Waals surface area contributed by atoms with Crippen molar-refractivity contribution >= 4 is 41.8 Å². The van der Waals surface area contributed by atoms with Crippen molar-refractivity contribution in [2.75, 3.05) is 13.7 Å². The number of methoxy groups -OCH3 is 1. The van der Waals surface area contributed by atoms with Crippen LogP contribution in [0.2, 0.25) is 0 Å². The average Bonchev–Trinajstić information content (AvgIpc) is 3.54. The van der Waals surface area contributed by atoms with Crippen LogP contribution in [0.4, 0.5) is 9.59 Å². The number of hydrogen-bond donors (Lipinski definition) is 5. The van der Waals surface area contributed by atoms with Crippen LogP contribution >= 0.6 is 0 Å². The monoisotopic (exact) mass is 1080 g/mol. The number of esters is 4. The van der Waals surface area contributed by atoms with Crippen LogP contribution in [0, 0.1) is 16.7 Å². The van der Waals surface area contributed by atoms with E-state index in [9.17, 15) is 44.1 Å². The second-order valence-electron chi connectivity index (χ2n) is 23.2. The van der Waals surface area contributed by atoms with E-state index in [1.165, 1.54) is 59.1 Å². The molecule has 0 aromatic heterocycles. The first-order valence-electron chi connectivity index (χ1n) is 25.8. The zero-order chi connectivity index (χ0) is 57.5. The number of amides is 2. The molecule has 1 heterocycles. The summed E-state index contributed by atoms with van der Waals surface area (Å²) in [5.41, 5.74) is -9.93. The number of hydrogen-bond acceptors (Lipinski definition) is 18. The Kier molecular flexibility index (Phi) is 16.8. The fourth-order valence-corrected chi connectivity index (χ4v) is 11.7. The molecule has 7 rings (SSSR count). The highest BCUT2D eigenvalue weighted by molar-refractivity contribution is 5.96. The molecule has 78 heavy (non-hydrogen) atoms. The second kappa shape index (κ2) is 22.2. The van der Waals surface area contributed by atoms with Gasteiger partial charge in [-0.3, -0.25) is 9.59 Å². The zero-order valence-corrected chi connectivity index (χ0v) is 46.0. The summed E-state index contributed by atoms with van der Waals surface area (Å²) >= 11 is 0. The predicted octanol–water partition coefficient (Wildman–Crippen LogP) is 6.09. The van der Waals surface area contributed by atoms with Crippen LogP contribution in [-0.2, 0) is 57.1 Å². The minimum Gasteiger partial charge on any atom is -0.456 e. The van der Waals surface area contributed by atoms with Crippen molar-refractivity contribution in [2.45, 2.75) is 166 Å². The number of nitrogens with one attached hydrogen (secondary N) is 2. The van der Waals surface area contributed by atoms with E-state index in [4.69, 9.17) is 37.9 Å². The molecule has 3 aliphatic carbocycles. The summed E-state index contributed by atoms with van der Waals surface area (Å²) in [5.74, 6) is -7.11. The molecule has 4 aliphatic rings. The Bertz CT molecular complexity index is 2770. The van der Waals surface area contributed by atoms with Gasteiger partial charge in [0.25, 0.3) is 0 Å². The molecule has 0 radical (unpaired) electrons. The molecule has 20 nitrogen and oxygen atoms in total. The molecule has 1 aliphatic heterocycles. The topological polar surface area (TPSA) is 278 Å². The lowest BCUT2D eigenvalue weighted by molar-refractivity contribution is -0.347. The van der Waals surface area contributed by atoms with E-state index in [0.717, 1.165) is 6.92 Å². The predicted molar refractivity (Wildman–Crippen MR) is 277 cm³/mol. The molecule has 1 unspecified atom stereocenters. The number of rotatable bonds is 14. The van der Waals surface area contributed by atoms with E-state index in [1.54, 1.807) is 108 Å². The molecule has 2 bridgehead atoms. The Morgan fingerprint density at radius 1 is 0.718 bits per heavy atom. The maximum Gasteiger partial charge on any atom is 0.408 e. The molecule has 1 saturated heterocycles. The first-order valence-corrected chi connectivity index (χ1v) is 25.8. The Hall–Kier alpha value is -6.71. The molecule has 3 aromatic carbocycles. The van der Waals surface area contributed by atoms with Gasteiger partial charge in [0.15, 0.2) is 29.7 Å². The summed E-state index contributed by atoms with van der Waals surface area (Å²) in [6, 6.07) is 20.7. The first kappa shape index (κ1) is 59.0. The Labute approximate surface area is 453 Å². The molecule has 2 saturated carbocycles. The molecular weight excluding hydrogens is 1010 g/mol. The Morgan fingerprint density at radius 2 is 1.19 bits per heavy atom. The zero-order valence-electron chi connectivity index (χ0n) is 46.0. The maximum atomic E-state index is 16.5. The number of Topliss-reactive ketones (excluding diaryl/α,β-unsaturated/α-hetero) is 1. The van der Waals surface area contributed by atoms with Crippen molar-refractivity contribution in [1.29, 1.82) is 0 Å². The number of aliphatic hydroxyl groups is 3. The van der Waals surface area contributed by atoms with Gasteiger partial charge in [-0.25, -0.2) is 24.0 Å². The van der Waals surface area contributed by atoms with Crippen LogP contribution in [-0.4, -0.2) is 136 Å². The van der Waals surface area contributed by atoms with Crippen LogP contribution < -0.4 is 10.6 Å². The molecule has 5 N–H and O–H groups in total. The van der Waals surface area contributed by atoms with E-state index in [2.05, 4.69) is 10.6 Å². The summed E-state index contributed by atoms with van der Waals surface area (Å²) in [6.07, 6.45) is -15.1. The summed E-state index contributed by atoms with van der Waals surface area (Å²) in [5, 5.41) is 43.4. The molecular formula is C58H72N2O18. The van der Waals surface area contributed by atoms with Crippen LogP contribution in [0.3, 0.4) is 0 Å². The van der Waals surface area contributed by atoms with Crippen molar-refractivity contribution in [3.8, 4) is 0 Å². The number of benzene rings is 3. The van der Waals surface area contributed by atoms with Crippen LogP contribution in [0.5, 0.6) is 0 Å². The lowest BCUT2D eigenvalue weighted by atomic mass is 9.44. The van der Waals surface area contributed by atoms with Gasteiger partial charge in [-0.05, 0) is 89.8 Å². The quantitative estimate of drug-likeness (QED) is 0.0694. The third-order valence-corrected chi connectivity index (χ3v) is 15.4. The van der Waals surface area contributed by atoms with Crippen LogP contribution in [0.1, 0.15) is 123 Å². The number of alkyl carbamates (subject to hydrolysis) is 2. The third-order valence-electron chi connectivity index (χ3n) is 15.4. The summed E-state index contributed by atoms with van der Waals surface area (Å²) in [4.78, 5) is 101. The van der Waals surface area contributed by atoms with Crippen LogP contribution in [0.15, 0.2) is 102 Å². The fraction of sp³-hybridized carbons (Fsp3) is 0.534. The van der Waals surface area contributed by atoms with Crippen molar-refractivity contribution in [3.63, 3.8) is 0 Å². The van der Waals surface area contributed by atoms with Gasteiger partial charge >= 0.3 is 36.1 Å². The Morgan fingerprint density at radius 3 is 1.63 bits per heavy atom. The van der Waals surface area contributed by atoms with E-state index < -0.39 is 142 Å². The molecule has 0 spiro atoms. The maximum absolute atomic E-state index is 16.5. The molecule has 13 atom stereocenters. The first-order chi connectivity index (χ1) is 36.4. The van der Waals surface area contributed by atoms with Gasteiger partial charge in [0.2, 0.25) is 0 Å². The average molecular weight is 1090 g/mol. The number of ketones is 1. The summed E-state index contributed by atoms with van der Waals surface area (Å²) in [6.45, 7) is 16.5. The molecule has 422 valence electrons. The minimum atomic E-state index is -2.54. The minimum absolute atomic E-state index is 0.0306. The van der Waals surface area contributed by atoms with E-state index in [1.807, 2.05) is 0 Å². The van der Waals surface area contributed by atoms with Crippen molar-refractivity contribution in [2.24, 2.45) is 16.7 Å². The van der Waals surface area contributed by atoms with Crippen molar-refractivity contribution in [1.82, 2.24) is 10.6 Å². The van der Waals surface area contributed by atoms with E-state index >= 15 is 4.79 Å². The van der Waals surface area contributed by atoms with Crippen LogP contribution in [0.25, 0.3) is 0 Å². The summed E-state index contributed by atoms with van der Waals surface area (Å²) < 4.78 is 48.6. The van der Waals surface area contributed by atoms with E-state index in [-0.39, 0.29) is 40.9 Å². The van der Waals surface area contributed by atoms with Gasteiger partial charge < -0.3 is 63.8 Å². The highest BCUT2D eigenvalue weighted by atomic mass is 16.6. The van der Waals surface area contributed by atoms with Gasteiger partial charge in [-0.15, -0.1) is 0 Å². The number of fused-ring (bicyclic) bond motifs is 5. The largest absolute Gasteiger partial charge is 0.456 e. The Balaban J connectivity index is 1.44. The summed E-state index contributed by atoms with van der Waals surface area (Å²) in [7, 11) is 1.32. The molecule has 20 heteroatoms. The standard InChI is InChI=1S/C58H72N2O18/c1-31-36(73-49(66)42(62)40(33-22-16-13-17-23-33)59-51(68)77-53(3,4)5)29-58(70)47(75-48(65)35-26-20-15-21-27-35)45-56(11,37(71-12)28-38-57(45,30-72-38)76-32(2)61)46(64)44(39(31)55(58,9)10)74-50(67)43(63)41(34-24-18-14-19-25-34)60-52(69)78-54(6,7)8/h13-27,36-38,40-45,47,62-63,70H,28-30H2,1-12H3,(H,59,68)(H,60,69)/t36-,37-,38+,40-,41-,42+,43+,44+,45-,47-,56+,57-,58?/m0/s1. The third kappa shape index (κ3) is 11.4. The fourth-order valence-electron chi connectivity index (χ4n) is 11.7. The highest BCUT2D eigenvalue weighted by Crippen LogP contribution is 2.65. The highest BCUT2D eigenvalue weighted by Gasteiger charge is 2.78. The van der Waals surface area contributed by atoms with E-state index in [0.29, 0.717) is 0 Å². The lowest BCUT2D eigenvalue weighted by Gasteiger charge is -2.67. The molecule has 3 aromatic rings.